The molecule has 2 rings (SSSR count). The third-order valence-electron chi connectivity index (χ3n) is 2.45. The summed E-state index contributed by atoms with van der Waals surface area (Å²) in [5, 5.41) is 18.5. The minimum Gasteiger partial charge on any atom is -0.502 e. The highest BCUT2D eigenvalue weighted by atomic mass is 19.1. The van der Waals surface area contributed by atoms with Crippen LogP contribution in [-0.4, -0.2) is 10.2 Å². The molecule has 4 nitrogen and oxygen atoms in total. The fourth-order valence-electron chi connectivity index (χ4n) is 1.49. The second-order valence-corrected chi connectivity index (χ2v) is 3.83. The van der Waals surface area contributed by atoms with Crippen LogP contribution in [-0.2, 0) is 6.61 Å². The molecule has 0 bridgehead atoms. The topological polar surface area (TPSA) is 70.7 Å². The molecule has 0 atom stereocenters. The van der Waals surface area contributed by atoms with E-state index in [1.807, 2.05) is 0 Å². The number of aliphatic hydroxyl groups is 1. The first-order valence-electron chi connectivity index (χ1n) is 5.50. The number of aromatic hydroxyl groups is 1. The first-order chi connectivity index (χ1) is 9.10. The highest BCUT2D eigenvalue weighted by molar-refractivity contribution is 5.69. The van der Waals surface area contributed by atoms with Crippen molar-refractivity contribution in [2.75, 3.05) is 0 Å². The third kappa shape index (κ3) is 3.08. The van der Waals surface area contributed by atoms with E-state index < -0.39 is 17.8 Å². The van der Waals surface area contributed by atoms with Crippen LogP contribution in [0.5, 0.6) is 5.75 Å². The van der Waals surface area contributed by atoms with Gasteiger partial charge in [-0.05, 0) is 23.8 Å². The van der Waals surface area contributed by atoms with Crippen LogP contribution in [0.2, 0.25) is 0 Å². The van der Waals surface area contributed by atoms with Crippen LogP contribution in [0, 0.1) is 5.82 Å². The van der Waals surface area contributed by atoms with Gasteiger partial charge < -0.3 is 14.6 Å². The van der Waals surface area contributed by atoms with Crippen molar-refractivity contribution in [2.45, 2.75) is 6.61 Å². The van der Waals surface area contributed by atoms with Crippen molar-refractivity contribution in [1.82, 2.24) is 0 Å². The summed E-state index contributed by atoms with van der Waals surface area (Å²) in [5.41, 5.74) is 0.0481. The summed E-state index contributed by atoms with van der Waals surface area (Å²) in [6.45, 7) is -0.438. The van der Waals surface area contributed by atoms with Crippen LogP contribution in [0.4, 0.5) is 4.39 Å². The van der Waals surface area contributed by atoms with Gasteiger partial charge in [0.1, 0.15) is 18.2 Å². The molecule has 0 aliphatic heterocycles. The fraction of sp³-hybridized carbons (Fsp3) is 0.0714. The van der Waals surface area contributed by atoms with E-state index in [2.05, 4.69) is 0 Å². The minimum atomic E-state index is -0.631. The number of hydrogen-bond acceptors (Lipinski definition) is 4. The Morgan fingerprint density at radius 2 is 1.89 bits per heavy atom. The Kier molecular flexibility index (Phi) is 3.77. The van der Waals surface area contributed by atoms with Crippen LogP contribution in [0.25, 0.3) is 12.2 Å². The predicted octanol–water partition coefficient (Wildman–Crippen LogP) is 2.15. The normalized spacial score (nSPS) is 11.1. The average molecular weight is 262 g/mol. The summed E-state index contributed by atoms with van der Waals surface area (Å²) < 4.78 is 17.8. The lowest BCUT2D eigenvalue weighted by atomic mass is 10.2. The summed E-state index contributed by atoms with van der Waals surface area (Å²) in [6, 6.07) is 6.68. The van der Waals surface area contributed by atoms with Gasteiger partial charge in [0, 0.05) is 6.07 Å². The van der Waals surface area contributed by atoms with Crippen LogP contribution in [0.3, 0.4) is 0 Å². The van der Waals surface area contributed by atoms with Gasteiger partial charge in [0.2, 0.25) is 11.2 Å². The molecular weight excluding hydrogens is 251 g/mol. The number of benzene rings is 1. The molecule has 19 heavy (non-hydrogen) atoms. The second-order valence-electron chi connectivity index (χ2n) is 3.83. The molecule has 1 aromatic carbocycles. The molecule has 0 amide bonds. The second kappa shape index (κ2) is 5.49. The molecule has 0 fully saturated rings. The van der Waals surface area contributed by atoms with E-state index in [-0.39, 0.29) is 17.3 Å². The Labute approximate surface area is 108 Å². The molecule has 1 heterocycles. The highest BCUT2D eigenvalue weighted by Crippen LogP contribution is 2.17. The Balaban J connectivity index is 2.35. The maximum absolute atomic E-state index is 12.7. The van der Waals surface area contributed by atoms with Crippen molar-refractivity contribution in [3.63, 3.8) is 0 Å². The van der Waals surface area contributed by atoms with Gasteiger partial charge in [-0.15, -0.1) is 0 Å². The molecule has 1 aromatic heterocycles. The Hall–Kier alpha value is -2.40. The first-order valence-corrected chi connectivity index (χ1v) is 5.50. The number of rotatable bonds is 3. The number of halogens is 1. The zero-order valence-electron chi connectivity index (χ0n) is 9.84. The van der Waals surface area contributed by atoms with E-state index in [9.17, 15) is 14.3 Å². The third-order valence-corrected chi connectivity index (χ3v) is 2.45. The van der Waals surface area contributed by atoms with Gasteiger partial charge in [-0.3, -0.25) is 4.79 Å². The molecule has 98 valence electrons. The monoisotopic (exact) mass is 262 g/mol. The van der Waals surface area contributed by atoms with Crippen molar-refractivity contribution >= 4 is 12.2 Å². The maximum atomic E-state index is 12.7. The zero-order chi connectivity index (χ0) is 13.8. The molecule has 0 aliphatic carbocycles. The van der Waals surface area contributed by atoms with E-state index in [4.69, 9.17) is 9.52 Å². The van der Waals surface area contributed by atoms with Crippen LogP contribution in [0.1, 0.15) is 17.1 Å². The lowest BCUT2D eigenvalue weighted by Crippen LogP contribution is -2.02. The SMILES string of the molecule is O=c1cc(CO)oc(C=Cc2ccc(F)cc2)c1O. The molecule has 0 radical (unpaired) electrons. The van der Waals surface area contributed by atoms with Crippen molar-refractivity contribution in [3.8, 4) is 5.75 Å². The summed E-state index contributed by atoms with van der Waals surface area (Å²) in [5.74, 6) is -0.883. The lowest BCUT2D eigenvalue weighted by molar-refractivity contribution is 0.240. The van der Waals surface area contributed by atoms with Gasteiger partial charge in [-0.1, -0.05) is 18.2 Å². The van der Waals surface area contributed by atoms with E-state index in [0.29, 0.717) is 5.56 Å². The van der Waals surface area contributed by atoms with Crippen molar-refractivity contribution in [1.29, 1.82) is 0 Å². The van der Waals surface area contributed by atoms with Crippen molar-refractivity contribution in [2.24, 2.45) is 0 Å². The van der Waals surface area contributed by atoms with Gasteiger partial charge in [-0.25, -0.2) is 4.39 Å². The zero-order valence-corrected chi connectivity index (χ0v) is 9.84. The molecule has 0 unspecified atom stereocenters. The molecule has 0 saturated carbocycles. The van der Waals surface area contributed by atoms with E-state index in [1.54, 1.807) is 6.08 Å². The van der Waals surface area contributed by atoms with Gasteiger partial charge in [0.15, 0.2) is 5.76 Å². The average Bonchev–Trinajstić information content (AvgIpc) is 2.42. The Morgan fingerprint density at radius 1 is 1.21 bits per heavy atom. The first kappa shape index (κ1) is 13.0. The molecule has 2 aromatic rings. The van der Waals surface area contributed by atoms with Crippen LogP contribution >= 0.6 is 0 Å². The van der Waals surface area contributed by atoms with Crippen LogP contribution < -0.4 is 5.43 Å². The fourth-order valence-corrected chi connectivity index (χ4v) is 1.49. The Morgan fingerprint density at radius 3 is 2.53 bits per heavy atom. The lowest BCUT2D eigenvalue weighted by Gasteiger charge is -2.01. The molecule has 0 aliphatic rings. The van der Waals surface area contributed by atoms with E-state index in [0.717, 1.165) is 6.07 Å². The summed E-state index contributed by atoms with van der Waals surface area (Å²) in [4.78, 5) is 11.4. The van der Waals surface area contributed by atoms with Gasteiger partial charge in [0.05, 0.1) is 0 Å². The smallest absolute Gasteiger partial charge is 0.227 e. The summed E-state index contributed by atoms with van der Waals surface area (Å²) in [6.07, 6.45) is 2.93. The molecular formula is C14H11FO4. The summed E-state index contributed by atoms with van der Waals surface area (Å²) in [7, 11) is 0. The van der Waals surface area contributed by atoms with Gasteiger partial charge >= 0.3 is 0 Å². The Bertz CT molecular complexity index is 656. The number of hydrogen-bond donors (Lipinski definition) is 2. The molecule has 5 heteroatoms. The molecule has 0 spiro atoms. The van der Waals surface area contributed by atoms with Crippen molar-refractivity contribution in [3.05, 3.63) is 63.5 Å². The highest BCUT2D eigenvalue weighted by Gasteiger charge is 2.07. The standard InChI is InChI=1S/C14H11FO4/c15-10-4-1-9(2-5-10)3-6-13-14(18)12(17)7-11(8-16)19-13/h1-7,16,18H,8H2. The summed E-state index contributed by atoms with van der Waals surface area (Å²) >= 11 is 0. The van der Waals surface area contributed by atoms with E-state index >= 15 is 0 Å². The minimum absolute atomic E-state index is 0.0547. The van der Waals surface area contributed by atoms with Crippen molar-refractivity contribution < 1.29 is 19.0 Å². The molecule has 2 N–H and O–H groups in total. The maximum Gasteiger partial charge on any atom is 0.227 e. The predicted molar refractivity (Wildman–Crippen MR) is 67.9 cm³/mol. The molecule has 0 saturated heterocycles. The van der Waals surface area contributed by atoms with Crippen LogP contribution in [0.15, 0.2) is 39.5 Å². The quantitative estimate of drug-likeness (QED) is 0.889. The van der Waals surface area contributed by atoms with Gasteiger partial charge in [0.25, 0.3) is 0 Å². The van der Waals surface area contributed by atoms with Gasteiger partial charge in [-0.2, -0.15) is 0 Å². The van der Waals surface area contributed by atoms with E-state index in [1.165, 1.54) is 30.3 Å². The largest absolute Gasteiger partial charge is 0.502 e. The number of aliphatic hydroxyl groups excluding tert-OH is 1.